The van der Waals surface area contributed by atoms with Gasteiger partial charge in [-0.1, -0.05) is 18.2 Å². The molecule has 0 radical (unpaired) electrons. The summed E-state index contributed by atoms with van der Waals surface area (Å²) in [6.07, 6.45) is 3.21. The number of anilines is 2. The van der Waals surface area contributed by atoms with Crippen LogP contribution in [0.2, 0.25) is 0 Å². The van der Waals surface area contributed by atoms with Crippen molar-refractivity contribution in [1.29, 1.82) is 0 Å². The third-order valence-corrected chi connectivity index (χ3v) is 5.48. The zero-order chi connectivity index (χ0) is 19.8. The highest BCUT2D eigenvalue weighted by molar-refractivity contribution is 5.98. The molecule has 0 saturated heterocycles. The maximum Gasteiger partial charge on any atom is 0.228 e. The largest absolute Gasteiger partial charge is 0.347 e. The molecular weight excluding hydrogens is 350 g/mol. The highest BCUT2D eigenvalue weighted by atomic mass is 16.2. The Bertz CT molecular complexity index is 1070. The van der Waals surface area contributed by atoms with Crippen LogP contribution in [0, 0.1) is 0 Å². The number of carbonyl (C=O) groups excluding carboxylic acids is 2. The zero-order valence-corrected chi connectivity index (χ0v) is 16.5. The fraction of sp³-hybridized carbons (Fsp3) is 0.304. The minimum Gasteiger partial charge on any atom is -0.347 e. The molecule has 5 heteroatoms. The standard InChI is InChI=1S/C23H25N3O2/c1-4-25-14-18(20-7-5-6-8-22(20)25)13-23(28)24-19-9-10-21-17(12-19)11-15(2)26(21)16(3)27/h5-10,12,14-15H,4,11,13H2,1-3H3,(H,24,28)/t15-/m0/s1. The van der Waals surface area contributed by atoms with Crippen molar-refractivity contribution in [3.05, 3.63) is 59.8 Å². The summed E-state index contributed by atoms with van der Waals surface area (Å²) in [5.41, 5.74) is 5.02. The Morgan fingerprint density at radius 2 is 1.96 bits per heavy atom. The number of para-hydroxylation sites is 1. The van der Waals surface area contributed by atoms with Crippen LogP contribution >= 0.6 is 0 Å². The van der Waals surface area contributed by atoms with Crippen molar-refractivity contribution in [3.8, 4) is 0 Å². The minimum atomic E-state index is -0.0339. The van der Waals surface area contributed by atoms with Gasteiger partial charge in [0.1, 0.15) is 0 Å². The van der Waals surface area contributed by atoms with E-state index in [0.717, 1.165) is 46.4 Å². The van der Waals surface area contributed by atoms with Crippen molar-refractivity contribution in [2.24, 2.45) is 0 Å². The fourth-order valence-corrected chi connectivity index (χ4v) is 4.29. The van der Waals surface area contributed by atoms with E-state index in [1.807, 2.05) is 42.2 Å². The van der Waals surface area contributed by atoms with Gasteiger partial charge >= 0.3 is 0 Å². The first-order valence-electron chi connectivity index (χ1n) is 9.77. The van der Waals surface area contributed by atoms with E-state index in [0.29, 0.717) is 6.42 Å². The number of carbonyl (C=O) groups is 2. The second-order valence-corrected chi connectivity index (χ2v) is 7.47. The van der Waals surface area contributed by atoms with E-state index < -0.39 is 0 Å². The Hall–Kier alpha value is -3.08. The van der Waals surface area contributed by atoms with Crippen LogP contribution in [0.4, 0.5) is 11.4 Å². The fourth-order valence-electron chi connectivity index (χ4n) is 4.29. The van der Waals surface area contributed by atoms with Crippen LogP contribution in [0.5, 0.6) is 0 Å². The van der Waals surface area contributed by atoms with Gasteiger partial charge in [0, 0.05) is 48.0 Å². The lowest BCUT2D eigenvalue weighted by atomic mass is 10.1. The Morgan fingerprint density at radius 1 is 1.18 bits per heavy atom. The van der Waals surface area contributed by atoms with Crippen LogP contribution in [0.15, 0.2) is 48.7 Å². The van der Waals surface area contributed by atoms with Crippen molar-refractivity contribution in [2.75, 3.05) is 10.2 Å². The molecule has 0 saturated carbocycles. The van der Waals surface area contributed by atoms with Gasteiger partial charge in [-0.2, -0.15) is 0 Å². The number of nitrogens with zero attached hydrogens (tertiary/aromatic N) is 2. The molecule has 0 unspecified atom stereocenters. The van der Waals surface area contributed by atoms with E-state index in [1.165, 1.54) is 0 Å². The van der Waals surface area contributed by atoms with Crippen molar-refractivity contribution in [2.45, 2.75) is 46.2 Å². The smallest absolute Gasteiger partial charge is 0.228 e. The van der Waals surface area contributed by atoms with Gasteiger partial charge in [-0.15, -0.1) is 0 Å². The summed E-state index contributed by atoms with van der Waals surface area (Å²) < 4.78 is 2.17. The van der Waals surface area contributed by atoms with Crippen LogP contribution in [-0.4, -0.2) is 22.4 Å². The summed E-state index contributed by atoms with van der Waals surface area (Å²) in [5.74, 6) is 0.0174. The van der Waals surface area contributed by atoms with E-state index in [-0.39, 0.29) is 17.9 Å². The average molecular weight is 375 g/mol. The molecule has 0 fully saturated rings. The molecule has 144 valence electrons. The first-order valence-corrected chi connectivity index (χ1v) is 9.77. The quantitative estimate of drug-likeness (QED) is 0.745. The molecule has 28 heavy (non-hydrogen) atoms. The van der Waals surface area contributed by atoms with Crippen molar-refractivity contribution < 1.29 is 9.59 Å². The van der Waals surface area contributed by atoms with Crippen LogP contribution in [0.1, 0.15) is 31.9 Å². The molecule has 2 heterocycles. The predicted octanol–water partition coefficient (Wildman–Crippen LogP) is 4.14. The second kappa shape index (κ2) is 7.15. The summed E-state index contributed by atoms with van der Waals surface area (Å²) >= 11 is 0. The molecule has 0 spiro atoms. The SMILES string of the molecule is CCn1cc(CC(=O)Nc2ccc3c(c2)C[C@H](C)N3C(C)=O)c2ccccc21. The monoisotopic (exact) mass is 375 g/mol. The van der Waals surface area contributed by atoms with Crippen molar-refractivity contribution >= 4 is 34.1 Å². The number of benzene rings is 2. The van der Waals surface area contributed by atoms with Gasteiger partial charge in [-0.3, -0.25) is 9.59 Å². The number of rotatable bonds is 4. The topological polar surface area (TPSA) is 54.3 Å². The first kappa shape index (κ1) is 18.3. The van der Waals surface area contributed by atoms with Gasteiger partial charge in [-0.05, 0) is 55.7 Å². The number of fused-ring (bicyclic) bond motifs is 2. The van der Waals surface area contributed by atoms with E-state index in [2.05, 4.69) is 35.1 Å². The highest BCUT2D eigenvalue weighted by Gasteiger charge is 2.29. The van der Waals surface area contributed by atoms with E-state index in [1.54, 1.807) is 6.92 Å². The third kappa shape index (κ3) is 3.17. The number of aromatic nitrogens is 1. The van der Waals surface area contributed by atoms with Crippen LogP contribution in [0.25, 0.3) is 10.9 Å². The Labute approximate surface area is 165 Å². The Kier molecular flexibility index (Phi) is 4.67. The van der Waals surface area contributed by atoms with Crippen molar-refractivity contribution in [3.63, 3.8) is 0 Å². The van der Waals surface area contributed by atoms with Gasteiger partial charge in [0.25, 0.3) is 0 Å². The van der Waals surface area contributed by atoms with Gasteiger partial charge in [-0.25, -0.2) is 0 Å². The van der Waals surface area contributed by atoms with Crippen LogP contribution in [0.3, 0.4) is 0 Å². The normalized spacial score (nSPS) is 15.7. The summed E-state index contributed by atoms with van der Waals surface area (Å²) in [4.78, 5) is 26.4. The molecular formula is C23H25N3O2. The van der Waals surface area contributed by atoms with E-state index in [4.69, 9.17) is 0 Å². The molecule has 0 bridgehead atoms. The number of hydrogen-bond donors (Lipinski definition) is 1. The summed E-state index contributed by atoms with van der Waals surface area (Å²) in [6, 6.07) is 14.1. The summed E-state index contributed by atoms with van der Waals surface area (Å²) in [5, 5.41) is 4.14. The Balaban J connectivity index is 1.53. The van der Waals surface area contributed by atoms with Crippen LogP contribution < -0.4 is 10.2 Å². The maximum absolute atomic E-state index is 12.7. The van der Waals surface area contributed by atoms with Crippen molar-refractivity contribution in [1.82, 2.24) is 4.57 Å². The molecule has 1 aliphatic heterocycles. The summed E-state index contributed by atoms with van der Waals surface area (Å²) in [7, 11) is 0. The lowest BCUT2D eigenvalue weighted by molar-refractivity contribution is -0.117. The van der Waals surface area contributed by atoms with Gasteiger partial charge in [0.2, 0.25) is 11.8 Å². The molecule has 2 amide bonds. The molecule has 5 nitrogen and oxygen atoms in total. The van der Waals surface area contributed by atoms with Crippen LogP contribution in [-0.2, 0) is 29.0 Å². The molecule has 1 aromatic heterocycles. The number of aryl methyl sites for hydroxylation is 1. The number of nitrogens with one attached hydrogen (secondary N) is 1. The first-order chi connectivity index (χ1) is 13.5. The number of hydrogen-bond acceptors (Lipinski definition) is 2. The minimum absolute atomic E-state index is 0.0339. The predicted molar refractivity (Wildman–Crippen MR) is 113 cm³/mol. The van der Waals surface area contributed by atoms with E-state index in [9.17, 15) is 9.59 Å². The molecule has 0 aliphatic carbocycles. The van der Waals surface area contributed by atoms with Gasteiger partial charge in [0.05, 0.1) is 6.42 Å². The number of amides is 2. The Morgan fingerprint density at radius 3 is 2.71 bits per heavy atom. The lowest BCUT2D eigenvalue weighted by Gasteiger charge is -2.20. The molecule has 4 rings (SSSR count). The molecule has 1 N–H and O–H groups in total. The summed E-state index contributed by atoms with van der Waals surface area (Å²) in [6.45, 7) is 6.61. The molecule has 2 aromatic carbocycles. The highest BCUT2D eigenvalue weighted by Crippen LogP contribution is 2.34. The second-order valence-electron chi connectivity index (χ2n) is 7.47. The molecule has 3 aromatic rings. The van der Waals surface area contributed by atoms with E-state index >= 15 is 0 Å². The van der Waals surface area contributed by atoms with Gasteiger partial charge < -0.3 is 14.8 Å². The third-order valence-electron chi connectivity index (χ3n) is 5.48. The zero-order valence-electron chi connectivity index (χ0n) is 16.5. The lowest BCUT2D eigenvalue weighted by Crippen LogP contribution is -2.33. The average Bonchev–Trinajstić information content (AvgIpc) is 3.18. The maximum atomic E-state index is 12.7. The van der Waals surface area contributed by atoms with Gasteiger partial charge in [0.15, 0.2) is 0 Å². The molecule has 1 aliphatic rings. The molecule has 1 atom stereocenters.